The zero-order valence-electron chi connectivity index (χ0n) is 9.92. The molecule has 1 aliphatic rings. The van der Waals surface area contributed by atoms with Gasteiger partial charge in [0.25, 0.3) is 0 Å². The Kier molecular flexibility index (Phi) is 2.76. The van der Waals surface area contributed by atoms with Crippen molar-refractivity contribution in [2.75, 3.05) is 7.11 Å². The van der Waals surface area contributed by atoms with Crippen LogP contribution in [-0.2, 0) is 22.5 Å². The summed E-state index contributed by atoms with van der Waals surface area (Å²) < 4.78 is 4.78. The molecule has 3 rings (SSSR count). The van der Waals surface area contributed by atoms with Gasteiger partial charge in [-0.05, 0) is 17.7 Å². The Bertz CT molecular complexity index is 621. The number of halogens is 1. The Morgan fingerprint density at radius 2 is 2.33 bits per heavy atom. The summed E-state index contributed by atoms with van der Waals surface area (Å²) in [6.07, 6.45) is 0.603. The summed E-state index contributed by atoms with van der Waals surface area (Å²) >= 11 is 6.24. The molecule has 0 spiro atoms. The van der Waals surface area contributed by atoms with E-state index in [2.05, 4.69) is 10.3 Å². The molecule has 0 unspecified atom stereocenters. The Hall–Kier alpha value is -1.52. The van der Waals surface area contributed by atoms with Gasteiger partial charge < -0.3 is 9.72 Å². The molecule has 0 saturated heterocycles. The Balaban J connectivity index is 2.09. The minimum Gasteiger partial charge on any atom is -0.468 e. The number of H-pyrrole nitrogens is 1. The maximum Gasteiger partial charge on any atom is 0.323 e. The van der Waals surface area contributed by atoms with Gasteiger partial charge in [0.05, 0.1) is 12.1 Å². The highest BCUT2D eigenvalue weighted by atomic mass is 35.5. The predicted molar refractivity (Wildman–Crippen MR) is 69.7 cm³/mol. The molecule has 0 amide bonds. The molecule has 1 atom stereocenters. The molecule has 0 bridgehead atoms. The van der Waals surface area contributed by atoms with Crippen molar-refractivity contribution >= 4 is 28.5 Å². The van der Waals surface area contributed by atoms with Crippen LogP contribution in [0.1, 0.15) is 11.3 Å². The smallest absolute Gasteiger partial charge is 0.323 e. The third-order valence-electron chi connectivity index (χ3n) is 3.38. The Morgan fingerprint density at radius 1 is 1.50 bits per heavy atom. The highest BCUT2D eigenvalue weighted by molar-refractivity contribution is 6.35. The number of aromatic amines is 1. The third kappa shape index (κ3) is 1.69. The second kappa shape index (κ2) is 4.30. The lowest BCUT2D eigenvalue weighted by Crippen LogP contribution is -2.42. The molecule has 0 aliphatic carbocycles. The zero-order chi connectivity index (χ0) is 12.7. The van der Waals surface area contributed by atoms with Crippen molar-refractivity contribution in [2.45, 2.75) is 19.0 Å². The molecule has 4 nitrogen and oxygen atoms in total. The lowest BCUT2D eigenvalue weighted by Gasteiger charge is -2.22. The zero-order valence-corrected chi connectivity index (χ0v) is 10.7. The van der Waals surface area contributed by atoms with Crippen molar-refractivity contribution in [2.24, 2.45) is 0 Å². The number of carbonyl (C=O) groups is 1. The number of rotatable bonds is 1. The number of nitrogens with one attached hydrogen (secondary N) is 2. The van der Waals surface area contributed by atoms with Crippen LogP contribution in [0.25, 0.3) is 10.9 Å². The summed E-state index contributed by atoms with van der Waals surface area (Å²) in [6.45, 7) is 0.625. The van der Waals surface area contributed by atoms with Gasteiger partial charge in [-0.25, -0.2) is 0 Å². The quantitative estimate of drug-likeness (QED) is 0.775. The number of hydrogen-bond donors (Lipinski definition) is 2. The summed E-state index contributed by atoms with van der Waals surface area (Å²) in [5.74, 6) is -0.234. The van der Waals surface area contributed by atoms with Crippen LogP contribution in [0.4, 0.5) is 0 Å². The molecule has 94 valence electrons. The average molecular weight is 265 g/mol. The van der Waals surface area contributed by atoms with Crippen molar-refractivity contribution in [3.63, 3.8) is 0 Å². The fourth-order valence-electron chi connectivity index (χ4n) is 2.51. The van der Waals surface area contributed by atoms with Crippen LogP contribution < -0.4 is 5.32 Å². The number of fused-ring (bicyclic) bond motifs is 3. The Labute approximate surface area is 109 Å². The van der Waals surface area contributed by atoms with E-state index in [4.69, 9.17) is 16.3 Å². The van der Waals surface area contributed by atoms with Gasteiger partial charge in [0.15, 0.2) is 0 Å². The summed E-state index contributed by atoms with van der Waals surface area (Å²) in [5.41, 5.74) is 3.22. The van der Waals surface area contributed by atoms with Gasteiger partial charge in [0.1, 0.15) is 6.04 Å². The Morgan fingerprint density at radius 3 is 3.11 bits per heavy atom. The lowest BCUT2D eigenvalue weighted by molar-refractivity contribution is -0.143. The van der Waals surface area contributed by atoms with Gasteiger partial charge in [-0.15, -0.1) is 0 Å². The van der Waals surface area contributed by atoms with E-state index >= 15 is 0 Å². The fraction of sp³-hybridized carbons (Fsp3) is 0.308. The first-order valence-corrected chi connectivity index (χ1v) is 6.17. The molecule has 1 aromatic carbocycles. The number of carbonyl (C=O) groups excluding carboxylic acids is 1. The number of esters is 1. The number of hydrogen-bond acceptors (Lipinski definition) is 3. The molecule has 2 N–H and O–H groups in total. The van der Waals surface area contributed by atoms with Crippen LogP contribution in [0.2, 0.25) is 5.02 Å². The van der Waals surface area contributed by atoms with Crippen LogP contribution in [0, 0.1) is 0 Å². The molecule has 1 aliphatic heterocycles. The van der Waals surface area contributed by atoms with Gasteiger partial charge in [0, 0.05) is 29.6 Å². The highest BCUT2D eigenvalue weighted by Crippen LogP contribution is 2.32. The van der Waals surface area contributed by atoms with Crippen molar-refractivity contribution < 1.29 is 9.53 Å². The average Bonchev–Trinajstić information content (AvgIpc) is 2.76. The maximum atomic E-state index is 11.6. The number of ether oxygens (including phenoxy) is 1. The van der Waals surface area contributed by atoms with Gasteiger partial charge >= 0.3 is 5.97 Å². The largest absolute Gasteiger partial charge is 0.468 e. The molecule has 0 radical (unpaired) electrons. The van der Waals surface area contributed by atoms with E-state index in [0.717, 1.165) is 27.2 Å². The van der Waals surface area contributed by atoms with Crippen molar-refractivity contribution in [1.29, 1.82) is 0 Å². The van der Waals surface area contributed by atoms with E-state index < -0.39 is 0 Å². The van der Waals surface area contributed by atoms with Crippen molar-refractivity contribution in [3.05, 3.63) is 34.5 Å². The van der Waals surface area contributed by atoms with E-state index in [1.54, 1.807) is 0 Å². The first kappa shape index (κ1) is 11.6. The predicted octanol–water partition coefficient (Wildman–Crippen LogP) is 2.01. The molecular weight excluding hydrogens is 252 g/mol. The molecule has 1 aromatic heterocycles. The molecular formula is C13H13ClN2O2. The van der Waals surface area contributed by atoms with Crippen LogP contribution >= 0.6 is 11.6 Å². The first-order valence-electron chi connectivity index (χ1n) is 5.80. The molecule has 0 fully saturated rings. The van der Waals surface area contributed by atoms with E-state index in [9.17, 15) is 4.79 Å². The highest BCUT2D eigenvalue weighted by Gasteiger charge is 2.28. The summed E-state index contributed by atoms with van der Waals surface area (Å²) in [7, 11) is 1.40. The fourth-order valence-corrected chi connectivity index (χ4v) is 2.80. The number of methoxy groups -OCH3 is 1. The molecule has 2 aromatic rings. The van der Waals surface area contributed by atoms with E-state index in [1.807, 2.05) is 18.2 Å². The minimum atomic E-state index is -0.294. The second-order valence-electron chi connectivity index (χ2n) is 4.41. The second-order valence-corrected chi connectivity index (χ2v) is 4.81. The van der Waals surface area contributed by atoms with Gasteiger partial charge in [0.2, 0.25) is 0 Å². The van der Waals surface area contributed by atoms with Gasteiger partial charge in [-0.3, -0.25) is 10.1 Å². The summed E-state index contributed by atoms with van der Waals surface area (Å²) in [6, 6.07) is 5.48. The van der Waals surface area contributed by atoms with Crippen LogP contribution in [-0.4, -0.2) is 24.1 Å². The summed E-state index contributed by atoms with van der Waals surface area (Å²) in [5, 5.41) is 4.89. The molecule has 0 saturated carbocycles. The molecule has 5 heteroatoms. The lowest BCUT2D eigenvalue weighted by atomic mass is 9.98. The van der Waals surface area contributed by atoms with Crippen LogP contribution in [0.15, 0.2) is 18.2 Å². The standard InChI is InChI=1S/C13H13ClN2O2/c1-18-13(17)10-5-7-11(6-15-10)16-9-4-2-3-8(14)12(7)9/h2-4,10,15-16H,5-6H2,1H3/t10-/m0/s1. The normalized spacial score (nSPS) is 18.7. The van der Waals surface area contributed by atoms with Gasteiger partial charge in [-0.2, -0.15) is 0 Å². The third-order valence-corrected chi connectivity index (χ3v) is 3.70. The van der Waals surface area contributed by atoms with Crippen LogP contribution in [0.3, 0.4) is 0 Å². The maximum absolute atomic E-state index is 11.6. The molecule has 2 heterocycles. The van der Waals surface area contributed by atoms with E-state index in [0.29, 0.717) is 13.0 Å². The van der Waals surface area contributed by atoms with Crippen LogP contribution in [0.5, 0.6) is 0 Å². The van der Waals surface area contributed by atoms with Gasteiger partial charge in [-0.1, -0.05) is 17.7 Å². The summed E-state index contributed by atoms with van der Waals surface area (Å²) in [4.78, 5) is 14.9. The first-order chi connectivity index (χ1) is 8.70. The SMILES string of the molecule is COC(=O)[C@@H]1Cc2c([nH]c3cccc(Cl)c23)CN1. The van der Waals surface area contributed by atoms with E-state index in [1.165, 1.54) is 7.11 Å². The number of benzene rings is 1. The van der Waals surface area contributed by atoms with Crippen molar-refractivity contribution in [1.82, 2.24) is 10.3 Å². The minimum absolute atomic E-state index is 0.234. The monoisotopic (exact) mass is 264 g/mol. The van der Waals surface area contributed by atoms with Crippen molar-refractivity contribution in [3.8, 4) is 0 Å². The molecule has 18 heavy (non-hydrogen) atoms. The van der Waals surface area contributed by atoms with E-state index in [-0.39, 0.29) is 12.0 Å². The topological polar surface area (TPSA) is 54.1 Å². The number of aromatic nitrogens is 1.